The van der Waals surface area contributed by atoms with Crippen LogP contribution in [-0.4, -0.2) is 16.5 Å². The second kappa shape index (κ2) is 7.11. The second-order valence-corrected chi connectivity index (χ2v) is 6.23. The molecule has 0 aliphatic carbocycles. The van der Waals surface area contributed by atoms with Crippen LogP contribution < -0.4 is 0 Å². The van der Waals surface area contributed by atoms with E-state index in [1.807, 2.05) is 30.3 Å². The lowest BCUT2D eigenvalue weighted by Crippen LogP contribution is -2.09. The van der Waals surface area contributed by atoms with Crippen molar-refractivity contribution in [3.8, 4) is 5.69 Å². The fraction of sp³-hybridized carbons (Fsp3) is 0.200. The second-order valence-electron chi connectivity index (χ2n) is 5.83. The molecule has 0 atom stereocenters. The number of aryl methyl sites for hydroxylation is 1. The van der Waals surface area contributed by atoms with Gasteiger partial charge in [-0.25, -0.2) is 4.79 Å². The topological polar surface area (TPSA) is 48.3 Å². The Bertz CT molecular complexity index is 959. The number of hydrogen-bond donors (Lipinski definition) is 0. The summed E-state index contributed by atoms with van der Waals surface area (Å²) in [5.41, 5.74) is 3.16. The van der Waals surface area contributed by atoms with Crippen molar-refractivity contribution in [1.82, 2.24) is 4.57 Å². The van der Waals surface area contributed by atoms with Crippen molar-refractivity contribution < 1.29 is 14.3 Å². The third kappa shape index (κ3) is 3.44. The van der Waals surface area contributed by atoms with Crippen LogP contribution in [0.4, 0.5) is 0 Å². The molecule has 0 unspecified atom stereocenters. The van der Waals surface area contributed by atoms with Crippen molar-refractivity contribution in [2.45, 2.75) is 26.7 Å². The third-order valence-corrected chi connectivity index (χ3v) is 4.27. The van der Waals surface area contributed by atoms with Crippen LogP contribution >= 0.6 is 11.6 Å². The number of hydrogen-bond acceptors (Lipinski definition) is 3. The van der Waals surface area contributed by atoms with Gasteiger partial charge in [0.15, 0.2) is 0 Å². The van der Waals surface area contributed by atoms with Crippen molar-refractivity contribution in [2.75, 3.05) is 0 Å². The van der Waals surface area contributed by atoms with Crippen LogP contribution in [0.3, 0.4) is 0 Å². The maximum atomic E-state index is 12.1. The van der Waals surface area contributed by atoms with Crippen molar-refractivity contribution >= 4 is 34.4 Å². The van der Waals surface area contributed by atoms with E-state index < -0.39 is 11.9 Å². The van der Waals surface area contributed by atoms with E-state index in [4.69, 9.17) is 16.3 Å². The first-order chi connectivity index (χ1) is 12.0. The summed E-state index contributed by atoms with van der Waals surface area (Å²) in [6.07, 6.45) is 1.87. The van der Waals surface area contributed by atoms with Crippen molar-refractivity contribution in [1.29, 1.82) is 0 Å². The molecule has 0 saturated carbocycles. The van der Waals surface area contributed by atoms with E-state index in [-0.39, 0.29) is 0 Å². The molecular formula is C20H18ClNO3. The van der Waals surface area contributed by atoms with E-state index in [1.54, 1.807) is 12.1 Å². The number of rotatable bonds is 4. The van der Waals surface area contributed by atoms with E-state index in [1.165, 1.54) is 6.92 Å². The molecule has 0 saturated heterocycles. The zero-order valence-corrected chi connectivity index (χ0v) is 14.8. The Morgan fingerprint density at radius 2 is 1.88 bits per heavy atom. The maximum absolute atomic E-state index is 12.1. The standard InChI is InChI=1S/C20H18ClNO3/c1-3-6-16-11-14-9-10-15(20(24)25-13(2)23)12-19(14)22(16)18-8-5-4-7-17(18)21/h4-5,7-12H,3,6H2,1-2H3. The summed E-state index contributed by atoms with van der Waals surface area (Å²) in [6, 6.07) is 15.0. The van der Waals surface area contributed by atoms with Gasteiger partial charge in [-0.05, 0) is 36.8 Å². The van der Waals surface area contributed by atoms with Crippen molar-refractivity contribution in [2.24, 2.45) is 0 Å². The molecule has 0 bridgehead atoms. The minimum Gasteiger partial charge on any atom is -0.390 e. The highest BCUT2D eigenvalue weighted by atomic mass is 35.5. The molecule has 4 nitrogen and oxygen atoms in total. The average Bonchev–Trinajstić information content (AvgIpc) is 2.92. The van der Waals surface area contributed by atoms with Gasteiger partial charge in [-0.3, -0.25) is 4.79 Å². The van der Waals surface area contributed by atoms with Crippen LogP contribution in [0.25, 0.3) is 16.6 Å². The van der Waals surface area contributed by atoms with Crippen LogP contribution in [0, 0.1) is 0 Å². The predicted molar refractivity (Wildman–Crippen MR) is 98.4 cm³/mol. The zero-order valence-electron chi connectivity index (χ0n) is 14.1. The normalized spacial score (nSPS) is 10.8. The summed E-state index contributed by atoms with van der Waals surface area (Å²) >= 11 is 6.40. The Morgan fingerprint density at radius 3 is 2.56 bits per heavy atom. The number of carbonyl (C=O) groups excluding carboxylic acids is 2. The van der Waals surface area contributed by atoms with E-state index in [9.17, 15) is 9.59 Å². The number of aromatic nitrogens is 1. The molecule has 0 amide bonds. The highest BCUT2D eigenvalue weighted by Crippen LogP contribution is 2.30. The molecule has 0 N–H and O–H groups in total. The van der Waals surface area contributed by atoms with E-state index >= 15 is 0 Å². The molecule has 1 aromatic heterocycles. The van der Waals surface area contributed by atoms with Gasteiger partial charge in [0.05, 0.1) is 21.8 Å². The third-order valence-electron chi connectivity index (χ3n) is 3.95. The van der Waals surface area contributed by atoms with Gasteiger partial charge in [-0.15, -0.1) is 0 Å². The minimum absolute atomic E-state index is 0.331. The summed E-state index contributed by atoms with van der Waals surface area (Å²) < 4.78 is 6.76. The van der Waals surface area contributed by atoms with Gasteiger partial charge in [0.25, 0.3) is 0 Å². The molecule has 1 heterocycles. The number of nitrogens with zero attached hydrogens (tertiary/aromatic N) is 1. The van der Waals surface area contributed by atoms with Crippen LogP contribution in [0.5, 0.6) is 0 Å². The Morgan fingerprint density at radius 1 is 1.12 bits per heavy atom. The Kier molecular flexibility index (Phi) is 4.91. The van der Waals surface area contributed by atoms with Gasteiger partial charge in [0, 0.05) is 18.0 Å². The molecule has 0 aliphatic heterocycles. The summed E-state index contributed by atoms with van der Waals surface area (Å²) in [7, 11) is 0. The fourth-order valence-electron chi connectivity index (χ4n) is 2.93. The summed E-state index contributed by atoms with van der Waals surface area (Å²) in [5.74, 6) is -1.28. The molecule has 0 aliphatic rings. The van der Waals surface area contributed by atoms with Crippen LogP contribution in [0.15, 0.2) is 48.5 Å². The summed E-state index contributed by atoms with van der Waals surface area (Å²) in [6.45, 7) is 3.33. The molecule has 128 valence electrons. The average molecular weight is 356 g/mol. The number of benzene rings is 2. The molecule has 0 radical (unpaired) electrons. The summed E-state index contributed by atoms with van der Waals surface area (Å²) in [5, 5.41) is 1.64. The lowest BCUT2D eigenvalue weighted by atomic mass is 10.1. The highest BCUT2D eigenvalue weighted by Gasteiger charge is 2.16. The fourth-order valence-corrected chi connectivity index (χ4v) is 3.15. The predicted octanol–water partition coefficient (Wildman–Crippen LogP) is 4.94. The smallest absolute Gasteiger partial charge is 0.345 e. The molecule has 0 fully saturated rings. The minimum atomic E-state index is -0.654. The first-order valence-electron chi connectivity index (χ1n) is 8.13. The largest absolute Gasteiger partial charge is 0.390 e. The maximum Gasteiger partial charge on any atom is 0.345 e. The highest BCUT2D eigenvalue weighted by molar-refractivity contribution is 6.32. The Balaban J connectivity index is 2.21. The molecule has 3 rings (SSSR count). The Labute approximate surface area is 151 Å². The molecular weight excluding hydrogens is 338 g/mol. The number of halogens is 1. The first kappa shape index (κ1) is 17.2. The molecule has 2 aromatic carbocycles. The number of fused-ring (bicyclic) bond motifs is 1. The molecule has 25 heavy (non-hydrogen) atoms. The van der Waals surface area contributed by atoms with E-state index in [0.717, 1.165) is 35.1 Å². The number of ether oxygens (including phenoxy) is 1. The quantitative estimate of drug-likeness (QED) is 0.492. The van der Waals surface area contributed by atoms with Gasteiger partial charge in [0.1, 0.15) is 0 Å². The first-order valence-corrected chi connectivity index (χ1v) is 8.51. The molecule has 3 aromatic rings. The molecule has 0 spiro atoms. The monoisotopic (exact) mass is 355 g/mol. The number of carbonyl (C=O) groups is 2. The van der Waals surface area contributed by atoms with Crippen LogP contribution in [0.2, 0.25) is 5.02 Å². The summed E-state index contributed by atoms with van der Waals surface area (Å²) in [4.78, 5) is 23.1. The van der Waals surface area contributed by atoms with Gasteiger partial charge in [0.2, 0.25) is 0 Å². The van der Waals surface area contributed by atoms with Crippen LogP contribution in [0.1, 0.15) is 36.3 Å². The lowest BCUT2D eigenvalue weighted by Gasteiger charge is -2.12. The van der Waals surface area contributed by atoms with Gasteiger partial charge in [-0.2, -0.15) is 0 Å². The number of esters is 2. The van der Waals surface area contributed by atoms with E-state index in [2.05, 4.69) is 17.6 Å². The lowest BCUT2D eigenvalue weighted by molar-refractivity contribution is -0.135. The van der Waals surface area contributed by atoms with Gasteiger partial charge in [-0.1, -0.05) is 43.1 Å². The van der Waals surface area contributed by atoms with Crippen LogP contribution in [-0.2, 0) is 16.0 Å². The van der Waals surface area contributed by atoms with Gasteiger partial charge >= 0.3 is 11.9 Å². The Hall–Kier alpha value is -2.59. The zero-order chi connectivity index (χ0) is 18.0. The van der Waals surface area contributed by atoms with Crippen molar-refractivity contribution in [3.63, 3.8) is 0 Å². The molecule has 5 heteroatoms. The van der Waals surface area contributed by atoms with Crippen molar-refractivity contribution in [3.05, 3.63) is 64.8 Å². The van der Waals surface area contributed by atoms with Gasteiger partial charge < -0.3 is 9.30 Å². The number of para-hydroxylation sites is 1. The SMILES string of the molecule is CCCc1cc2ccc(C(=O)OC(C)=O)cc2n1-c1ccccc1Cl. The van der Waals surface area contributed by atoms with E-state index in [0.29, 0.717) is 10.6 Å².